The molecule has 0 radical (unpaired) electrons. The molecule has 8 heteroatoms. The maximum atomic E-state index is 12.4. The lowest BCUT2D eigenvalue weighted by Gasteiger charge is -2.20. The molecule has 128 valence electrons. The first-order valence-electron chi connectivity index (χ1n) is 8.39. The van der Waals surface area contributed by atoms with Crippen molar-refractivity contribution in [3.63, 3.8) is 0 Å². The average Bonchev–Trinajstić information content (AvgIpc) is 2.95. The maximum absolute atomic E-state index is 12.4. The van der Waals surface area contributed by atoms with Crippen LogP contribution >= 0.6 is 11.3 Å². The summed E-state index contributed by atoms with van der Waals surface area (Å²) in [7, 11) is 1.92. The standard InChI is InChI=1S/C16H22N6OS/c1-21-10-13(8-18-21)22-6-4-12(9-22)19-16(23)20-14(11-2-3-11)15-17-5-7-24-15/h5,7-8,10-12,14H,2-4,6,9H2,1H3,(H2,19,20,23)/t12-,14+/m0/s1. The number of hydrogen-bond donors (Lipinski definition) is 2. The fraction of sp³-hybridized carbons (Fsp3) is 0.562. The van der Waals surface area contributed by atoms with E-state index in [2.05, 4.69) is 25.6 Å². The second-order valence-electron chi connectivity index (χ2n) is 6.61. The zero-order chi connectivity index (χ0) is 16.5. The Morgan fingerprint density at radius 1 is 1.42 bits per heavy atom. The summed E-state index contributed by atoms with van der Waals surface area (Å²) >= 11 is 1.61. The van der Waals surface area contributed by atoms with Crippen LogP contribution in [0.15, 0.2) is 24.0 Å². The third-order valence-electron chi connectivity index (χ3n) is 4.68. The first-order valence-corrected chi connectivity index (χ1v) is 9.27. The molecule has 2 amide bonds. The van der Waals surface area contributed by atoms with Gasteiger partial charge in [-0.2, -0.15) is 5.10 Å². The summed E-state index contributed by atoms with van der Waals surface area (Å²) in [4.78, 5) is 19.0. The van der Waals surface area contributed by atoms with E-state index in [0.717, 1.165) is 30.2 Å². The molecule has 7 nitrogen and oxygen atoms in total. The van der Waals surface area contributed by atoms with Crippen LogP contribution in [0.5, 0.6) is 0 Å². The lowest BCUT2D eigenvalue weighted by Crippen LogP contribution is -2.45. The van der Waals surface area contributed by atoms with Gasteiger partial charge in [0.15, 0.2) is 0 Å². The first-order chi connectivity index (χ1) is 11.7. The number of nitrogens with one attached hydrogen (secondary N) is 2. The summed E-state index contributed by atoms with van der Waals surface area (Å²) in [5, 5.41) is 13.4. The largest absolute Gasteiger partial charge is 0.367 e. The van der Waals surface area contributed by atoms with Crippen LogP contribution in [-0.2, 0) is 7.05 Å². The fourth-order valence-corrected chi connectivity index (χ4v) is 4.03. The van der Waals surface area contributed by atoms with Gasteiger partial charge >= 0.3 is 6.03 Å². The molecule has 0 spiro atoms. The molecule has 4 rings (SSSR count). The number of carbonyl (C=O) groups is 1. The lowest BCUT2D eigenvalue weighted by molar-refractivity contribution is 0.232. The Morgan fingerprint density at radius 2 is 2.29 bits per heavy atom. The smallest absolute Gasteiger partial charge is 0.315 e. The zero-order valence-corrected chi connectivity index (χ0v) is 14.5. The van der Waals surface area contributed by atoms with Crippen molar-refractivity contribution in [3.05, 3.63) is 29.0 Å². The molecule has 0 unspecified atom stereocenters. The molecule has 2 aromatic rings. The Bertz CT molecular complexity index is 695. The van der Waals surface area contributed by atoms with E-state index in [1.54, 1.807) is 22.2 Å². The molecular formula is C16H22N6OS. The van der Waals surface area contributed by atoms with E-state index in [1.807, 2.05) is 24.8 Å². The third-order valence-corrected chi connectivity index (χ3v) is 5.54. The van der Waals surface area contributed by atoms with Gasteiger partial charge in [-0.05, 0) is 25.2 Å². The molecule has 24 heavy (non-hydrogen) atoms. The zero-order valence-electron chi connectivity index (χ0n) is 13.7. The monoisotopic (exact) mass is 346 g/mol. The second kappa shape index (κ2) is 6.43. The summed E-state index contributed by atoms with van der Waals surface area (Å²) in [5.74, 6) is 0.539. The predicted octanol–water partition coefficient (Wildman–Crippen LogP) is 1.91. The fourth-order valence-electron chi connectivity index (χ4n) is 3.25. The number of anilines is 1. The number of rotatable bonds is 5. The van der Waals surface area contributed by atoms with Crippen LogP contribution in [0.3, 0.4) is 0 Å². The van der Waals surface area contributed by atoms with Gasteiger partial charge in [-0.15, -0.1) is 11.3 Å². The van der Waals surface area contributed by atoms with Gasteiger partial charge in [0.1, 0.15) is 5.01 Å². The van der Waals surface area contributed by atoms with Gasteiger partial charge in [-0.1, -0.05) is 0 Å². The summed E-state index contributed by atoms with van der Waals surface area (Å²) in [6.45, 7) is 1.76. The molecule has 3 heterocycles. The number of nitrogens with zero attached hydrogens (tertiary/aromatic N) is 4. The Labute approximate surface area is 145 Å². The van der Waals surface area contributed by atoms with E-state index >= 15 is 0 Å². The van der Waals surface area contributed by atoms with Crippen molar-refractivity contribution in [1.82, 2.24) is 25.4 Å². The minimum absolute atomic E-state index is 0.0563. The van der Waals surface area contributed by atoms with Crippen LogP contribution in [0.4, 0.5) is 10.5 Å². The Kier molecular flexibility index (Phi) is 4.13. The molecule has 0 aromatic carbocycles. The molecule has 1 aliphatic heterocycles. The summed E-state index contributed by atoms with van der Waals surface area (Å²) in [5.41, 5.74) is 1.11. The lowest BCUT2D eigenvalue weighted by atomic mass is 10.2. The van der Waals surface area contributed by atoms with Crippen molar-refractivity contribution < 1.29 is 4.79 Å². The number of hydrogen-bond acceptors (Lipinski definition) is 5. The van der Waals surface area contributed by atoms with Gasteiger partial charge < -0.3 is 15.5 Å². The van der Waals surface area contributed by atoms with Crippen molar-refractivity contribution in [2.24, 2.45) is 13.0 Å². The van der Waals surface area contributed by atoms with E-state index in [1.165, 1.54) is 12.8 Å². The molecule has 2 aromatic heterocycles. The Balaban J connectivity index is 1.31. The molecule has 2 fully saturated rings. The number of aromatic nitrogens is 3. The highest BCUT2D eigenvalue weighted by atomic mass is 32.1. The van der Waals surface area contributed by atoms with E-state index in [4.69, 9.17) is 0 Å². The third kappa shape index (κ3) is 3.38. The number of aryl methyl sites for hydroxylation is 1. The molecule has 2 atom stereocenters. The van der Waals surface area contributed by atoms with Crippen LogP contribution in [0.2, 0.25) is 0 Å². The Hall–Kier alpha value is -2.09. The number of carbonyl (C=O) groups excluding carboxylic acids is 1. The minimum atomic E-state index is -0.0832. The van der Waals surface area contributed by atoms with E-state index in [9.17, 15) is 4.79 Å². The molecule has 2 N–H and O–H groups in total. The number of urea groups is 1. The molecule has 1 saturated heterocycles. The highest BCUT2D eigenvalue weighted by Gasteiger charge is 2.35. The van der Waals surface area contributed by atoms with Crippen molar-refractivity contribution in [2.75, 3.05) is 18.0 Å². The average molecular weight is 346 g/mol. The normalized spacial score (nSPS) is 21.7. The molecule has 1 aliphatic carbocycles. The molecular weight excluding hydrogens is 324 g/mol. The highest BCUT2D eigenvalue weighted by Crippen LogP contribution is 2.41. The predicted molar refractivity (Wildman–Crippen MR) is 93.1 cm³/mol. The topological polar surface area (TPSA) is 75.1 Å². The summed E-state index contributed by atoms with van der Waals surface area (Å²) in [6, 6.07) is 0.141. The first kappa shape index (κ1) is 15.4. The maximum Gasteiger partial charge on any atom is 0.315 e. The molecule has 0 bridgehead atoms. The van der Waals surface area contributed by atoms with E-state index in [-0.39, 0.29) is 18.1 Å². The quantitative estimate of drug-likeness (QED) is 0.867. The van der Waals surface area contributed by atoms with Gasteiger partial charge in [0.2, 0.25) is 0 Å². The number of thiazole rings is 1. The second-order valence-corrected chi connectivity index (χ2v) is 7.53. The van der Waals surface area contributed by atoms with Gasteiger partial charge in [0.25, 0.3) is 0 Å². The van der Waals surface area contributed by atoms with Gasteiger partial charge in [0, 0.05) is 44.0 Å². The molecule has 1 saturated carbocycles. The summed E-state index contributed by atoms with van der Waals surface area (Å²) in [6.07, 6.45) is 8.97. The number of amides is 2. The van der Waals surface area contributed by atoms with Crippen molar-refractivity contribution in [1.29, 1.82) is 0 Å². The minimum Gasteiger partial charge on any atom is -0.367 e. The van der Waals surface area contributed by atoms with Crippen LogP contribution in [-0.4, -0.2) is 39.9 Å². The van der Waals surface area contributed by atoms with Crippen LogP contribution < -0.4 is 15.5 Å². The summed E-state index contributed by atoms with van der Waals surface area (Å²) < 4.78 is 1.80. The van der Waals surface area contributed by atoms with Crippen molar-refractivity contribution >= 4 is 23.1 Å². The van der Waals surface area contributed by atoms with Gasteiger partial charge in [-0.25, -0.2) is 9.78 Å². The Morgan fingerprint density at radius 3 is 2.96 bits per heavy atom. The van der Waals surface area contributed by atoms with Crippen LogP contribution in [0.1, 0.15) is 30.3 Å². The van der Waals surface area contributed by atoms with Gasteiger partial charge in [0.05, 0.1) is 17.9 Å². The molecule has 2 aliphatic rings. The van der Waals surface area contributed by atoms with E-state index < -0.39 is 0 Å². The van der Waals surface area contributed by atoms with Crippen molar-refractivity contribution in [3.8, 4) is 0 Å². The van der Waals surface area contributed by atoms with Crippen molar-refractivity contribution in [2.45, 2.75) is 31.3 Å². The highest BCUT2D eigenvalue weighted by molar-refractivity contribution is 7.09. The van der Waals surface area contributed by atoms with Crippen LogP contribution in [0.25, 0.3) is 0 Å². The van der Waals surface area contributed by atoms with E-state index in [0.29, 0.717) is 5.92 Å². The van der Waals surface area contributed by atoms with Crippen LogP contribution in [0, 0.1) is 5.92 Å². The SMILES string of the molecule is Cn1cc(N2CC[C@H](NC(=O)N[C@@H](c3nccs3)C3CC3)C2)cn1. The van der Waals surface area contributed by atoms with Gasteiger partial charge in [-0.3, -0.25) is 4.68 Å².